The summed E-state index contributed by atoms with van der Waals surface area (Å²) in [6, 6.07) is 7.43. The fourth-order valence-electron chi connectivity index (χ4n) is 2.86. The van der Waals surface area contributed by atoms with E-state index in [1.165, 1.54) is 11.8 Å². The first-order valence-corrected chi connectivity index (χ1v) is 10.8. The number of ether oxygens (including phenoxy) is 1. The standard InChI is InChI=1S/C20H21N3O3S2/c1-13-8-17(14(2)23(13)19-6-4-5-7-21-19)18(24)9-26-20(25)12-27-10-16-11-28-15(3)22-16/h4-8,11H,9-10,12H2,1-3H3. The van der Waals surface area contributed by atoms with Gasteiger partial charge in [-0.05, 0) is 39.0 Å². The minimum atomic E-state index is -0.399. The van der Waals surface area contributed by atoms with Crippen molar-refractivity contribution in [2.24, 2.45) is 0 Å². The summed E-state index contributed by atoms with van der Waals surface area (Å²) in [4.78, 5) is 33.2. The van der Waals surface area contributed by atoms with Crippen molar-refractivity contribution in [3.05, 3.63) is 63.5 Å². The number of Topliss-reactive ketones (excluding diaryl/α,β-unsaturated/α-hetero) is 1. The van der Waals surface area contributed by atoms with Crippen LogP contribution in [0.1, 0.15) is 32.4 Å². The zero-order valence-corrected chi connectivity index (χ0v) is 17.6. The van der Waals surface area contributed by atoms with E-state index in [0.29, 0.717) is 11.3 Å². The van der Waals surface area contributed by atoms with Gasteiger partial charge in [-0.2, -0.15) is 0 Å². The summed E-state index contributed by atoms with van der Waals surface area (Å²) in [6.45, 7) is 5.47. The summed E-state index contributed by atoms with van der Waals surface area (Å²) in [7, 11) is 0. The van der Waals surface area contributed by atoms with Crippen LogP contribution >= 0.6 is 23.1 Å². The van der Waals surface area contributed by atoms with Crippen LogP contribution < -0.4 is 0 Å². The van der Waals surface area contributed by atoms with E-state index in [1.54, 1.807) is 23.6 Å². The highest BCUT2D eigenvalue weighted by molar-refractivity contribution is 7.99. The summed E-state index contributed by atoms with van der Waals surface area (Å²) in [5, 5.41) is 2.99. The summed E-state index contributed by atoms with van der Waals surface area (Å²) >= 11 is 3.01. The fraction of sp³-hybridized carbons (Fsp3) is 0.300. The third kappa shape index (κ3) is 4.88. The average molecular weight is 416 g/mol. The van der Waals surface area contributed by atoms with Crippen LogP contribution in [0, 0.1) is 20.8 Å². The van der Waals surface area contributed by atoms with Crippen molar-refractivity contribution in [3.63, 3.8) is 0 Å². The molecule has 0 aliphatic rings. The van der Waals surface area contributed by atoms with Crippen LogP contribution in [0.25, 0.3) is 5.82 Å². The Kier molecular flexibility index (Phi) is 6.64. The van der Waals surface area contributed by atoms with Gasteiger partial charge in [-0.1, -0.05) is 6.07 Å². The first kappa shape index (κ1) is 20.3. The number of esters is 1. The third-order valence-electron chi connectivity index (χ3n) is 4.11. The Labute approximate surface area is 172 Å². The maximum atomic E-state index is 12.5. The van der Waals surface area contributed by atoms with Crippen molar-refractivity contribution in [2.75, 3.05) is 12.4 Å². The lowest BCUT2D eigenvalue weighted by molar-refractivity contribution is -0.139. The molecule has 6 nitrogen and oxygen atoms in total. The van der Waals surface area contributed by atoms with Gasteiger partial charge in [-0.25, -0.2) is 9.97 Å². The van der Waals surface area contributed by atoms with Crippen LogP contribution in [0.2, 0.25) is 0 Å². The predicted molar refractivity (Wildman–Crippen MR) is 111 cm³/mol. The number of ketones is 1. The van der Waals surface area contributed by atoms with E-state index >= 15 is 0 Å². The number of aryl methyl sites for hydroxylation is 2. The van der Waals surface area contributed by atoms with Gasteiger partial charge in [-0.15, -0.1) is 23.1 Å². The normalized spacial score (nSPS) is 10.8. The van der Waals surface area contributed by atoms with Gasteiger partial charge in [0.05, 0.1) is 16.5 Å². The highest BCUT2D eigenvalue weighted by Crippen LogP contribution is 2.20. The molecule has 0 unspecified atom stereocenters. The van der Waals surface area contributed by atoms with Gasteiger partial charge >= 0.3 is 5.97 Å². The molecule has 0 fully saturated rings. The molecule has 146 valence electrons. The molecule has 0 aromatic carbocycles. The number of aromatic nitrogens is 3. The van der Waals surface area contributed by atoms with Crippen molar-refractivity contribution in [2.45, 2.75) is 26.5 Å². The van der Waals surface area contributed by atoms with Crippen LogP contribution in [0.15, 0.2) is 35.8 Å². The second-order valence-electron chi connectivity index (χ2n) is 6.24. The number of hydrogen-bond acceptors (Lipinski definition) is 7. The van der Waals surface area contributed by atoms with Crippen molar-refractivity contribution in [3.8, 4) is 5.82 Å². The van der Waals surface area contributed by atoms with Crippen molar-refractivity contribution < 1.29 is 14.3 Å². The molecule has 3 rings (SSSR count). The van der Waals surface area contributed by atoms with E-state index in [2.05, 4.69) is 9.97 Å². The van der Waals surface area contributed by atoms with Crippen molar-refractivity contribution in [1.82, 2.24) is 14.5 Å². The SMILES string of the molecule is Cc1nc(CSCC(=O)OCC(=O)c2cc(C)n(-c3ccccn3)c2C)cs1. The number of thiazole rings is 1. The molecule has 0 amide bonds. The number of carbonyl (C=O) groups excluding carboxylic acids is 2. The lowest BCUT2D eigenvalue weighted by Gasteiger charge is -2.08. The smallest absolute Gasteiger partial charge is 0.316 e. The number of carbonyl (C=O) groups is 2. The number of hydrogen-bond donors (Lipinski definition) is 0. The van der Waals surface area contributed by atoms with E-state index in [4.69, 9.17) is 4.74 Å². The van der Waals surface area contributed by atoms with Crippen molar-refractivity contribution >= 4 is 34.9 Å². The molecule has 0 saturated carbocycles. The molecule has 3 heterocycles. The number of thioether (sulfide) groups is 1. The fourth-order valence-corrected chi connectivity index (χ4v) is 4.29. The zero-order valence-electron chi connectivity index (χ0n) is 16.0. The van der Waals surface area contributed by atoms with E-state index in [0.717, 1.165) is 27.9 Å². The van der Waals surface area contributed by atoms with Crippen LogP contribution in [0.3, 0.4) is 0 Å². The Bertz CT molecular complexity index is 980. The number of rotatable bonds is 8. The lowest BCUT2D eigenvalue weighted by atomic mass is 10.1. The molecule has 0 radical (unpaired) electrons. The molecular formula is C20H21N3O3S2. The maximum absolute atomic E-state index is 12.5. The molecule has 3 aromatic heterocycles. The summed E-state index contributed by atoms with van der Waals surface area (Å²) in [6.07, 6.45) is 1.71. The molecule has 28 heavy (non-hydrogen) atoms. The molecule has 0 saturated heterocycles. The van der Waals surface area contributed by atoms with Gasteiger partial charge in [0.15, 0.2) is 6.61 Å². The van der Waals surface area contributed by atoms with Crippen LogP contribution in [0.4, 0.5) is 0 Å². The average Bonchev–Trinajstić information content (AvgIpc) is 3.23. The lowest BCUT2D eigenvalue weighted by Crippen LogP contribution is -2.16. The minimum Gasteiger partial charge on any atom is -0.457 e. The first-order valence-electron chi connectivity index (χ1n) is 8.73. The topological polar surface area (TPSA) is 74.1 Å². The minimum absolute atomic E-state index is 0.191. The zero-order chi connectivity index (χ0) is 20.1. The highest BCUT2D eigenvalue weighted by Gasteiger charge is 2.18. The third-order valence-corrected chi connectivity index (χ3v) is 5.87. The molecule has 0 aliphatic carbocycles. The predicted octanol–water partition coefficient (Wildman–Crippen LogP) is 3.91. The molecule has 0 spiro atoms. The molecule has 0 N–H and O–H groups in total. The second kappa shape index (κ2) is 9.16. The monoisotopic (exact) mass is 415 g/mol. The number of pyridine rings is 1. The molecular weight excluding hydrogens is 394 g/mol. The Morgan fingerprint density at radius 3 is 2.75 bits per heavy atom. The summed E-state index contributed by atoms with van der Waals surface area (Å²) in [5.41, 5.74) is 3.19. The largest absolute Gasteiger partial charge is 0.457 e. The van der Waals surface area contributed by atoms with E-state index < -0.39 is 5.97 Å². The molecule has 0 atom stereocenters. The maximum Gasteiger partial charge on any atom is 0.316 e. The second-order valence-corrected chi connectivity index (χ2v) is 8.29. The van der Waals surface area contributed by atoms with Crippen LogP contribution in [-0.4, -0.2) is 38.6 Å². The summed E-state index contributed by atoms with van der Waals surface area (Å²) < 4.78 is 7.08. The van der Waals surface area contributed by atoms with Crippen LogP contribution in [-0.2, 0) is 15.3 Å². The highest BCUT2D eigenvalue weighted by atomic mass is 32.2. The Morgan fingerprint density at radius 2 is 2.07 bits per heavy atom. The Morgan fingerprint density at radius 1 is 1.25 bits per heavy atom. The molecule has 3 aromatic rings. The van der Waals surface area contributed by atoms with Gasteiger partial charge in [0.2, 0.25) is 5.78 Å². The Balaban J connectivity index is 1.54. The first-order chi connectivity index (χ1) is 13.5. The number of nitrogens with zero attached hydrogens (tertiary/aromatic N) is 3. The molecule has 0 bridgehead atoms. The van der Waals surface area contributed by atoms with Gasteiger partial charge < -0.3 is 9.30 Å². The quantitative estimate of drug-likeness (QED) is 0.410. The summed E-state index contributed by atoms with van der Waals surface area (Å²) in [5.74, 6) is 0.977. The molecule has 0 aliphatic heterocycles. The van der Waals surface area contributed by atoms with E-state index in [-0.39, 0.29) is 18.1 Å². The van der Waals surface area contributed by atoms with Crippen molar-refractivity contribution in [1.29, 1.82) is 0 Å². The van der Waals surface area contributed by atoms with E-state index in [9.17, 15) is 9.59 Å². The van der Waals surface area contributed by atoms with Gasteiger partial charge in [0.1, 0.15) is 5.82 Å². The van der Waals surface area contributed by atoms with Gasteiger partial charge in [0, 0.05) is 34.3 Å². The van der Waals surface area contributed by atoms with Gasteiger partial charge in [-0.3, -0.25) is 9.59 Å². The van der Waals surface area contributed by atoms with Crippen LogP contribution in [0.5, 0.6) is 0 Å². The van der Waals surface area contributed by atoms with Gasteiger partial charge in [0.25, 0.3) is 0 Å². The Hall–Kier alpha value is -2.45. The van der Waals surface area contributed by atoms with E-state index in [1.807, 2.05) is 48.9 Å². The molecule has 8 heteroatoms.